The average Bonchev–Trinajstić information content (AvgIpc) is 3.02. The first-order chi connectivity index (χ1) is 22.1. The van der Waals surface area contributed by atoms with Crippen LogP contribution in [0.4, 0.5) is 4.39 Å². The second kappa shape index (κ2) is 39.6. The molecule has 0 fully saturated rings. The van der Waals surface area contributed by atoms with Crippen LogP contribution in [0.1, 0.15) is 86.4 Å². The molecule has 0 aromatic heterocycles. The molecule has 1 amide bonds. The zero-order chi connectivity index (χ0) is 35.1. The molecule has 0 rings (SSSR count). The highest BCUT2D eigenvalue weighted by Gasteiger charge is 2.07. The van der Waals surface area contributed by atoms with E-state index in [9.17, 15) is 28.4 Å². The van der Waals surface area contributed by atoms with Crippen molar-refractivity contribution in [3.8, 4) is 0 Å². The summed E-state index contributed by atoms with van der Waals surface area (Å²) in [5.74, 6) is 0.659. The number of unbranched alkanes of at least 4 members (excludes halogenated alkanes) is 1. The van der Waals surface area contributed by atoms with Crippen LogP contribution in [0.15, 0.2) is 60.8 Å². The van der Waals surface area contributed by atoms with E-state index in [0.717, 1.165) is 62.5 Å². The van der Waals surface area contributed by atoms with Gasteiger partial charge in [-0.05, 0) is 51.4 Å². The van der Waals surface area contributed by atoms with E-state index in [4.69, 9.17) is 17.7 Å². The number of alkyl halides is 2. The van der Waals surface area contributed by atoms with Crippen molar-refractivity contribution in [2.24, 2.45) is 0 Å². The highest BCUT2D eigenvalue weighted by atomic mass is 35.5. The van der Waals surface area contributed by atoms with Gasteiger partial charge in [-0.25, -0.2) is 0 Å². The van der Waals surface area contributed by atoms with E-state index < -0.39 is 7.15 Å². The number of esters is 1. The quantitative estimate of drug-likeness (QED) is 0.0494. The summed E-state index contributed by atoms with van der Waals surface area (Å²) in [6.45, 7) is 5.25. The van der Waals surface area contributed by atoms with Gasteiger partial charge in [-0.1, -0.05) is 91.2 Å². The van der Waals surface area contributed by atoms with Crippen LogP contribution < -0.4 is 5.32 Å². The summed E-state index contributed by atoms with van der Waals surface area (Å²) in [4.78, 5) is 54.9. The van der Waals surface area contributed by atoms with Crippen molar-refractivity contribution in [2.45, 2.75) is 85.0 Å². The van der Waals surface area contributed by atoms with Gasteiger partial charge < -0.3 is 10.1 Å². The molecule has 11 heteroatoms. The molecule has 7 nitrogen and oxygen atoms in total. The minimum absolute atomic E-state index is 0.0122. The molecule has 0 atom stereocenters. The molecule has 0 aliphatic rings. The van der Waals surface area contributed by atoms with E-state index in [0.29, 0.717) is 31.6 Å². The van der Waals surface area contributed by atoms with Crippen molar-refractivity contribution < 1.29 is 34.5 Å². The highest BCUT2D eigenvalue weighted by Crippen LogP contribution is 2.06. The molecule has 0 heterocycles. The molecule has 0 bridgehead atoms. The Hall–Kier alpha value is -2.43. The van der Waals surface area contributed by atoms with E-state index in [-0.39, 0.29) is 40.4 Å². The molecule has 0 unspecified atom stereocenters. The molecule has 1 N–H and O–H groups in total. The van der Waals surface area contributed by atoms with Crippen LogP contribution in [0, 0.1) is 0 Å². The third kappa shape index (κ3) is 46.1. The summed E-state index contributed by atoms with van der Waals surface area (Å²) in [5.41, 5.74) is 0. The summed E-state index contributed by atoms with van der Waals surface area (Å²) in [6, 6.07) is 0. The minimum Gasteiger partial charge on any atom is -0.456 e. The molecule has 0 aromatic carbocycles. The third-order valence-electron chi connectivity index (χ3n) is 5.06. The lowest BCUT2D eigenvalue weighted by atomic mass is 10.2. The second-order valence-electron chi connectivity index (χ2n) is 9.07. The number of rotatable bonds is 23. The van der Waals surface area contributed by atoms with Crippen molar-refractivity contribution >= 4 is 63.0 Å². The Kier molecular flexibility index (Phi) is 39.3. The Morgan fingerprint density at radius 3 is 1.76 bits per heavy atom. The van der Waals surface area contributed by atoms with E-state index >= 15 is 0 Å². The number of Topliss-reactive ketones (excluding diaryl/α,β-unsaturated/α-hetero) is 1. The van der Waals surface area contributed by atoms with E-state index in [1.165, 1.54) is 25.6 Å². The molecule has 0 aliphatic heterocycles. The molecule has 0 spiro atoms. The Labute approximate surface area is 285 Å². The largest absolute Gasteiger partial charge is 0.456 e. The lowest BCUT2D eigenvalue weighted by molar-refractivity contribution is -0.148. The molecule has 0 saturated heterocycles. The van der Waals surface area contributed by atoms with Crippen molar-refractivity contribution in [3.05, 3.63) is 60.8 Å². The summed E-state index contributed by atoms with van der Waals surface area (Å²) >= 11 is 7.67. The Morgan fingerprint density at radius 2 is 1.27 bits per heavy atom. The molecule has 256 valence electrons. The second-order valence-corrected chi connectivity index (χ2v) is 11.9. The number of carbonyl (C=O) groups excluding carboxylic acids is 5. The van der Waals surface area contributed by atoms with Gasteiger partial charge in [0.1, 0.15) is 5.78 Å². The van der Waals surface area contributed by atoms with Crippen molar-refractivity contribution in [1.82, 2.24) is 5.32 Å². The van der Waals surface area contributed by atoms with Crippen LogP contribution in [-0.2, 0) is 28.7 Å². The van der Waals surface area contributed by atoms with Gasteiger partial charge in [-0.15, -0.1) is 11.6 Å². The minimum atomic E-state index is -1.00. The molecular weight excluding hydrogens is 637 g/mol. The Morgan fingerprint density at radius 1 is 0.778 bits per heavy atom. The van der Waals surface area contributed by atoms with Gasteiger partial charge in [-0.3, -0.25) is 28.4 Å². The maximum atomic E-state index is 11.6. The van der Waals surface area contributed by atoms with Gasteiger partial charge in [0.2, 0.25) is 0 Å². The standard InChI is InChI=1S/C26H39NO4S.C7H11ClO2S.CH3F/c1-3-4-5-6-7-8-9-10-11-12-13-14-15-16-17-18-19-20-26(30)31-23-25(29)27-21-22-32-24(2)28;1-6(9)11-4-2-3-7(10)5-8;1-2/h4-5,7-8,10-11,13-14,16-17H,3,6,9,12,15,18-23H2,1-2H3,(H,27,29);2-5H2,1H3;1H3/b5-4-,8-7-,11-10-,14-13-,17-16+;;/i;;1D. The molecule has 0 aromatic rings. The van der Waals surface area contributed by atoms with E-state index in [2.05, 4.69) is 73.0 Å². The lowest BCUT2D eigenvalue weighted by Crippen LogP contribution is -2.30. The fourth-order valence-corrected chi connectivity index (χ4v) is 4.14. The van der Waals surface area contributed by atoms with Crippen LogP contribution >= 0.6 is 35.1 Å². The molecule has 0 radical (unpaired) electrons. The van der Waals surface area contributed by atoms with Crippen LogP contribution in [0.5, 0.6) is 0 Å². The van der Waals surface area contributed by atoms with Gasteiger partial charge in [-0.2, -0.15) is 0 Å². The molecule has 0 aliphatic carbocycles. The summed E-state index contributed by atoms with van der Waals surface area (Å²) in [6.07, 6.45) is 29.4. The van der Waals surface area contributed by atoms with Crippen LogP contribution in [-0.4, -0.2) is 65.6 Å². The monoisotopic (exact) mass is 690 g/mol. The third-order valence-corrected chi connectivity index (χ3v) is 7.07. The number of amides is 1. The maximum absolute atomic E-state index is 11.6. The first-order valence-electron chi connectivity index (χ1n) is 15.7. The highest BCUT2D eigenvalue weighted by molar-refractivity contribution is 8.13. The number of thioether (sulfide) groups is 2. The summed E-state index contributed by atoms with van der Waals surface area (Å²) < 4.78 is 20.4. The predicted octanol–water partition coefficient (Wildman–Crippen LogP) is 8.29. The van der Waals surface area contributed by atoms with E-state index in [1.807, 2.05) is 0 Å². The SMILES string of the molecule is CC(=O)SCCCC(=O)CCl.CC/C=C\C/C=C\C/C=C\C/C=C\C/C=C/CCCC(=O)OCC(=O)NCCSC(C)=O.[2H]CF. The summed E-state index contributed by atoms with van der Waals surface area (Å²) in [5, 5.41) is 2.72. The number of allylic oxidation sites excluding steroid dienone is 10. The van der Waals surface area contributed by atoms with Gasteiger partial charge in [0.15, 0.2) is 16.8 Å². The summed E-state index contributed by atoms with van der Waals surface area (Å²) in [7, 11) is -1.00. The Bertz CT molecular complexity index is 958. The zero-order valence-electron chi connectivity index (χ0n) is 28.1. The number of halogens is 2. The maximum Gasteiger partial charge on any atom is 0.306 e. The number of nitrogens with one attached hydrogen (secondary N) is 1. The number of hydrogen-bond donors (Lipinski definition) is 1. The van der Waals surface area contributed by atoms with Gasteiger partial charge in [0.05, 0.1) is 14.4 Å². The van der Waals surface area contributed by atoms with Gasteiger partial charge >= 0.3 is 5.97 Å². The number of hydrogen-bond acceptors (Lipinski definition) is 8. The fourth-order valence-electron chi connectivity index (χ4n) is 2.94. The average molecular weight is 691 g/mol. The molecule has 45 heavy (non-hydrogen) atoms. The normalized spacial score (nSPS) is 11.4. The van der Waals surface area contributed by atoms with Crippen molar-refractivity contribution in [1.29, 1.82) is 0 Å². The first-order valence-corrected chi connectivity index (χ1v) is 17.5. The van der Waals surface area contributed by atoms with Gasteiger partial charge in [0.25, 0.3) is 5.91 Å². The topological polar surface area (TPSA) is 107 Å². The smallest absolute Gasteiger partial charge is 0.306 e. The van der Waals surface area contributed by atoms with Crippen LogP contribution in [0.25, 0.3) is 0 Å². The zero-order valence-corrected chi connectivity index (χ0v) is 29.5. The van der Waals surface area contributed by atoms with Crippen LogP contribution in [0.3, 0.4) is 0 Å². The number of ketones is 1. The predicted molar refractivity (Wildman–Crippen MR) is 191 cm³/mol. The van der Waals surface area contributed by atoms with Gasteiger partial charge in [0, 0.05) is 44.7 Å². The Balaban J connectivity index is -0.00000109. The van der Waals surface area contributed by atoms with E-state index in [1.54, 1.807) is 0 Å². The van der Waals surface area contributed by atoms with Crippen molar-refractivity contribution in [3.63, 3.8) is 0 Å². The fraction of sp³-hybridized carbons (Fsp3) is 0.559. The molecular formula is C34H53ClFNO6S2. The van der Waals surface area contributed by atoms with Crippen molar-refractivity contribution in [2.75, 3.05) is 37.7 Å². The van der Waals surface area contributed by atoms with Crippen LogP contribution in [0.2, 0.25) is 0 Å². The lowest BCUT2D eigenvalue weighted by Gasteiger charge is -2.05. The number of carbonyl (C=O) groups is 5. The molecule has 0 saturated carbocycles. The first kappa shape index (κ1) is 44.7. The number of ether oxygens (including phenoxy) is 1.